The van der Waals surface area contributed by atoms with Gasteiger partial charge in [0.15, 0.2) is 0 Å². The molecule has 1 aliphatic carbocycles. The van der Waals surface area contributed by atoms with Crippen molar-refractivity contribution in [3.8, 4) is 10.6 Å². The fourth-order valence-electron chi connectivity index (χ4n) is 3.74. The Kier molecular flexibility index (Phi) is 5.75. The highest BCUT2D eigenvalue weighted by molar-refractivity contribution is 7.21. The maximum Gasteiger partial charge on any atom is 0.405 e. The second kappa shape index (κ2) is 8.21. The average molecular weight is 453 g/mol. The van der Waals surface area contributed by atoms with Gasteiger partial charge in [-0.3, -0.25) is 0 Å². The first-order chi connectivity index (χ1) is 14.6. The van der Waals surface area contributed by atoms with Gasteiger partial charge < -0.3 is 20.8 Å². The van der Waals surface area contributed by atoms with E-state index in [2.05, 4.69) is 25.6 Å². The molecule has 0 radical (unpaired) electrons. The number of rotatable bonds is 5. The van der Waals surface area contributed by atoms with Gasteiger partial charge in [0.25, 0.3) is 0 Å². The molecule has 1 fully saturated rings. The van der Waals surface area contributed by atoms with Gasteiger partial charge >= 0.3 is 6.18 Å². The van der Waals surface area contributed by atoms with Gasteiger partial charge in [0, 0.05) is 0 Å². The monoisotopic (exact) mass is 453 g/mol. The van der Waals surface area contributed by atoms with Crippen LogP contribution >= 0.6 is 11.3 Å². The zero-order valence-electron chi connectivity index (χ0n) is 16.8. The number of benzene rings is 1. The predicted molar refractivity (Wildman–Crippen MR) is 113 cm³/mol. The topological polar surface area (TPSA) is 103 Å². The van der Waals surface area contributed by atoms with Crippen molar-refractivity contribution in [3.63, 3.8) is 0 Å². The van der Waals surface area contributed by atoms with Gasteiger partial charge in [-0.25, -0.2) is 9.97 Å². The number of hydrogen-bond acceptors (Lipinski definition) is 8. The SMILES string of the molecule is Cc1nc(NCC(F)(F)F)nc(N[C@@H]2CC(C)[C@@H](O)[C@H]2O)c1-c1nc2ccccc2s1. The molecule has 2 heterocycles. The number of aromatic nitrogens is 3. The highest BCUT2D eigenvalue weighted by Gasteiger charge is 2.39. The Morgan fingerprint density at radius 1 is 1.13 bits per heavy atom. The van der Waals surface area contributed by atoms with Crippen molar-refractivity contribution in [2.24, 2.45) is 5.92 Å². The van der Waals surface area contributed by atoms with E-state index < -0.39 is 31.0 Å². The minimum absolute atomic E-state index is 0.135. The quantitative estimate of drug-likeness (QED) is 0.468. The lowest BCUT2D eigenvalue weighted by atomic mass is 10.1. The molecule has 1 aromatic carbocycles. The lowest BCUT2D eigenvalue weighted by Crippen LogP contribution is -2.35. The first kappa shape index (κ1) is 21.7. The number of halogens is 3. The zero-order valence-corrected chi connectivity index (χ0v) is 17.6. The summed E-state index contributed by atoms with van der Waals surface area (Å²) < 4.78 is 39.0. The minimum Gasteiger partial charge on any atom is -0.390 e. The molecule has 2 aromatic heterocycles. The molecule has 4 atom stereocenters. The summed E-state index contributed by atoms with van der Waals surface area (Å²) in [6.07, 6.45) is -5.86. The van der Waals surface area contributed by atoms with E-state index in [1.807, 2.05) is 31.2 Å². The van der Waals surface area contributed by atoms with Crippen molar-refractivity contribution in [2.75, 3.05) is 17.2 Å². The number of nitrogens with one attached hydrogen (secondary N) is 2. The van der Waals surface area contributed by atoms with Crippen LogP contribution in [0.15, 0.2) is 24.3 Å². The number of fused-ring (bicyclic) bond motifs is 1. The van der Waals surface area contributed by atoms with Crippen LogP contribution in [0.4, 0.5) is 24.9 Å². The second-order valence-electron chi connectivity index (χ2n) is 7.76. The number of nitrogens with zero attached hydrogens (tertiary/aromatic N) is 3. The standard InChI is InChI=1S/C20H22F3N5O2S/c1-9-7-12(16(30)15(9)29)26-17-14(18-27-11-5-3-4-6-13(11)31-18)10(2)25-19(28-17)24-8-20(21,22)23/h3-6,9,12,15-16,29-30H,7-8H2,1-2H3,(H2,24,25,26,28)/t9?,12-,15-,16+/m1/s1. The number of alkyl halides is 3. The largest absolute Gasteiger partial charge is 0.405 e. The number of hydrogen-bond donors (Lipinski definition) is 4. The first-order valence-electron chi connectivity index (χ1n) is 9.80. The summed E-state index contributed by atoms with van der Waals surface area (Å²) >= 11 is 1.42. The number of para-hydroxylation sites is 1. The van der Waals surface area contributed by atoms with Crippen molar-refractivity contribution in [1.29, 1.82) is 0 Å². The molecule has 0 spiro atoms. The molecule has 7 nitrogen and oxygen atoms in total. The van der Waals surface area contributed by atoms with E-state index in [0.29, 0.717) is 22.7 Å². The summed E-state index contributed by atoms with van der Waals surface area (Å²) in [6, 6.07) is 7.06. The van der Waals surface area contributed by atoms with Crippen molar-refractivity contribution < 1.29 is 23.4 Å². The van der Waals surface area contributed by atoms with Gasteiger partial charge in [0.05, 0.1) is 33.6 Å². The Bertz CT molecular complexity index is 1060. The molecular formula is C20H22F3N5O2S. The molecule has 166 valence electrons. The fourth-order valence-corrected chi connectivity index (χ4v) is 4.81. The summed E-state index contributed by atoms with van der Waals surface area (Å²) in [5, 5.41) is 26.4. The van der Waals surface area contributed by atoms with Gasteiger partial charge in [-0.1, -0.05) is 19.1 Å². The van der Waals surface area contributed by atoms with Crippen LogP contribution in [0.5, 0.6) is 0 Å². The molecule has 4 N–H and O–H groups in total. The van der Waals surface area contributed by atoms with Crippen molar-refractivity contribution in [1.82, 2.24) is 15.0 Å². The molecule has 0 saturated heterocycles. The Labute approximate surface area is 180 Å². The number of anilines is 2. The minimum atomic E-state index is -4.42. The lowest BCUT2D eigenvalue weighted by Gasteiger charge is -2.21. The van der Waals surface area contributed by atoms with Crippen LogP contribution in [-0.4, -0.2) is 56.1 Å². The van der Waals surface area contributed by atoms with E-state index in [1.165, 1.54) is 11.3 Å². The highest BCUT2D eigenvalue weighted by atomic mass is 32.1. The summed E-state index contributed by atoms with van der Waals surface area (Å²) in [5.74, 6) is -0.0472. The van der Waals surface area contributed by atoms with E-state index in [1.54, 1.807) is 6.92 Å². The van der Waals surface area contributed by atoms with Crippen LogP contribution < -0.4 is 10.6 Å². The summed E-state index contributed by atoms with van der Waals surface area (Å²) in [6.45, 7) is 2.23. The van der Waals surface area contributed by atoms with E-state index in [-0.39, 0.29) is 17.7 Å². The number of aliphatic hydroxyl groups is 2. The molecule has 31 heavy (non-hydrogen) atoms. The maximum atomic E-state index is 12.7. The van der Waals surface area contributed by atoms with Gasteiger partial charge in [-0.05, 0) is 31.4 Å². The molecule has 1 saturated carbocycles. The fraction of sp³-hybridized carbons (Fsp3) is 0.450. The van der Waals surface area contributed by atoms with Gasteiger partial charge in [0.2, 0.25) is 5.95 Å². The molecule has 1 unspecified atom stereocenters. The first-order valence-corrected chi connectivity index (χ1v) is 10.6. The predicted octanol–water partition coefficient (Wildman–Crippen LogP) is 3.58. The molecular weight excluding hydrogens is 431 g/mol. The molecule has 3 aromatic rings. The Morgan fingerprint density at radius 2 is 1.87 bits per heavy atom. The van der Waals surface area contributed by atoms with Gasteiger partial charge in [0.1, 0.15) is 23.5 Å². The third-order valence-electron chi connectivity index (χ3n) is 5.34. The molecule has 1 aliphatic rings. The van der Waals surface area contributed by atoms with Gasteiger partial charge in [-0.2, -0.15) is 18.2 Å². The molecule has 4 rings (SSSR count). The van der Waals surface area contributed by atoms with Crippen LogP contribution in [0.2, 0.25) is 0 Å². The third-order valence-corrected chi connectivity index (χ3v) is 6.39. The Hall–Kier alpha value is -2.50. The van der Waals surface area contributed by atoms with Crippen molar-refractivity contribution >= 4 is 33.3 Å². The van der Waals surface area contributed by atoms with Crippen LogP contribution in [0.1, 0.15) is 19.0 Å². The van der Waals surface area contributed by atoms with Crippen molar-refractivity contribution in [2.45, 2.75) is 44.7 Å². The number of aryl methyl sites for hydroxylation is 1. The van der Waals surface area contributed by atoms with E-state index in [9.17, 15) is 23.4 Å². The van der Waals surface area contributed by atoms with Crippen LogP contribution in [0, 0.1) is 12.8 Å². The van der Waals surface area contributed by atoms with E-state index >= 15 is 0 Å². The smallest absolute Gasteiger partial charge is 0.390 e. The lowest BCUT2D eigenvalue weighted by molar-refractivity contribution is -0.115. The Balaban J connectivity index is 1.75. The third kappa shape index (κ3) is 4.58. The zero-order chi connectivity index (χ0) is 22.3. The number of thiazole rings is 1. The summed E-state index contributed by atoms with van der Waals surface area (Å²) in [7, 11) is 0. The summed E-state index contributed by atoms with van der Waals surface area (Å²) in [5.41, 5.74) is 1.79. The van der Waals surface area contributed by atoms with Crippen LogP contribution in [0.25, 0.3) is 20.8 Å². The van der Waals surface area contributed by atoms with Crippen LogP contribution in [0.3, 0.4) is 0 Å². The van der Waals surface area contributed by atoms with E-state index in [4.69, 9.17) is 0 Å². The van der Waals surface area contributed by atoms with Crippen LogP contribution in [-0.2, 0) is 0 Å². The van der Waals surface area contributed by atoms with Gasteiger partial charge in [-0.15, -0.1) is 11.3 Å². The highest BCUT2D eigenvalue weighted by Crippen LogP contribution is 2.38. The van der Waals surface area contributed by atoms with E-state index in [0.717, 1.165) is 10.2 Å². The molecule has 11 heteroatoms. The Morgan fingerprint density at radius 3 is 2.52 bits per heavy atom. The average Bonchev–Trinajstić information content (AvgIpc) is 3.22. The molecule has 0 bridgehead atoms. The normalized spacial score (nSPS) is 24.0. The molecule has 0 aliphatic heterocycles. The summed E-state index contributed by atoms with van der Waals surface area (Å²) in [4.78, 5) is 13.1. The van der Waals surface area contributed by atoms with Crippen molar-refractivity contribution in [3.05, 3.63) is 30.0 Å². The second-order valence-corrected chi connectivity index (χ2v) is 8.79. The molecule has 0 amide bonds. The maximum absolute atomic E-state index is 12.7. The number of aliphatic hydroxyl groups excluding tert-OH is 2.